The molecule has 2 unspecified atom stereocenters. The normalized spacial score (nSPS) is 25.4. The van der Waals surface area contributed by atoms with Crippen molar-refractivity contribution in [2.24, 2.45) is 0 Å². The molecular weight excluding hydrogens is 216 g/mol. The van der Waals surface area contributed by atoms with Gasteiger partial charge in [0.2, 0.25) is 0 Å². The Morgan fingerprint density at radius 3 is 2.76 bits per heavy atom. The molecule has 0 bridgehead atoms. The van der Waals surface area contributed by atoms with Crippen LogP contribution in [-0.2, 0) is 4.74 Å². The molecule has 4 heteroatoms. The molecule has 1 saturated heterocycles. The molecule has 2 aromatic heterocycles. The van der Waals surface area contributed by atoms with Gasteiger partial charge in [0.05, 0.1) is 23.9 Å². The summed E-state index contributed by atoms with van der Waals surface area (Å²) in [6, 6.07) is 3.87. The number of aromatic nitrogens is 1. The van der Waals surface area contributed by atoms with Crippen molar-refractivity contribution < 1.29 is 9.15 Å². The zero-order valence-corrected chi connectivity index (χ0v) is 10.1. The number of pyridine rings is 1. The highest BCUT2D eigenvalue weighted by Gasteiger charge is 2.24. The third kappa shape index (κ3) is 1.89. The van der Waals surface area contributed by atoms with E-state index in [1.807, 2.05) is 12.1 Å². The van der Waals surface area contributed by atoms with Crippen molar-refractivity contribution in [3.8, 4) is 0 Å². The van der Waals surface area contributed by atoms with E-state index in [1.165, 1.54) is 0 Å². The number of ether oxygens (including phenoxy) is 1. The summed E-state index contributed by atoms with van der Waals surface area (Å²) in [5, 5.41) is 1.08. The Kier molecular flexibility index (Phi) is 2.52. The van der Waals surface area contributed by atoms with Crippen molar-refractivity contribution >= 4 is 16.8 Å². The lowest BCUT2D eigenvalue weighted by atomic mass is 10.2. The monoisotopic (exact) mass is 232 g/mol. The van der Waals surface area contributed by atoms with Crippen molar-refractivity contribution in [2.75, 3.05) is 18.0 Å². The molecule has 0 aliphatic carbocycles. The van der Waals surface area contributed by atoms with E-state index in [2.05, 4.69) is 23.7 Å². The second-order valence-electron chi connectivity index (χ2n) is 4.63. The van der Waals surface area contributed by atoms with Crippen molar-refractivity contribution in [1.82, 2.24) is 4.98 Å². The molecule has 4 nitrogen and oxygen atoms in total. The van der Waals surface area contributed by atoms with Crippen LogP contribution in [-0.4, -0.2) is 30.3 Å². The number of hydrogen-bond acceptors (Lipinski definition) is 4. The predicted octanol–water partition coefficient (Wildman–Crippen LogP) is 2.44. The largest absolute Gasteiger partial charge is 0.464 e. The summed E-state index contributed by atoms with van der Waals surface area (Å²) in [7, 11) is 0. The summed E-state index contributed by atoms with van der Waals surface area (Å²) in [6.07, 6.45) is 3.99. The maximum atomic E-state index is 5.74. The van der Waals surface area contributed by atoms with Gasteiger partial charge in [0, 0.05) is 19.3 Å². The van der Waals surface area contributed by atoms with Crippen LogP contribution in [0.25, 0.3) is 11.0 Å². The lowest BCUT2D eigenvalue weighted by molar-refractivity contribution is -0.00536. The number of hydrogen-bond donors (Lipinski definition) is 0. The first-order valence-corrected chi connectivity index (χ1v) is 5.96. The molecule has 1 fully saturated rings. The van der Waals surface area contributed by atoms with Crippen LogP contribution >= 0.6 is 0 Å². The summed E-state index contributed by atoms with van der Waals surface area (Å²) < 4.78 is 11.1. The minimum Gasteiger partial charge on any atom is -0.464 e. The Balaban J connectivity index is 2.00. The first-order chi connectivity index (χ1) is 8.24. The SMILES string of the molecule is CC1CN(c2nccc3occc23)CC(C)O1. The fraction of sp³-hybridized carbons (Fsp3) is 0.462. The van der Waals surface area contributed by atoms with E-state index in [4.69, 9.17) is 9.15 Å². The first kappa shape index (κ1) is 10.6. The highest BCUT2D eigenvalue weighted by Crippen LogP contribution is 2.27. The first-order valence-electron chi connectivity index (χ1n) is 5.96. The molecule has 0 N–H and O–H groups in total. The molecule has 1 aliphatic rings. The average molecular weight is 232 g/mol. The quantitative estimate of drug-likeness (QED) is 0.757. The minimum absolute atomic E-state index is 0.239. The van der Waals surface area contributed by atoms with Crippen LogP contribution in [0, 0.1) is 0 Å². The van der Waals surface area contributed by atoms with Gasteiger partial charge in [-0.2, -0.15) is 0 Å². The Morgan fingerprint density at radius 1 is 1.24 bits per heavy atom. The van der Waals surface area contributed by atoms with Crippen LogP contribution in [0.5, 0.6) is 0 Å². The lowest BCUT2D eigenvalue weighted by Crippen LogP contribution is -2.45. The Morgan fingerprint density at radius 2 is 2.00 bits per heavy atom. The molecule has 0 aromatic carbocycles. The maximum absolute atomic E-state index is 5.74. The zero-order chi connectivity index (χ0) is 11.8. The van der Waals surface area contributed by atoms with Gasteiger partial charge in [-0.15, -0.1) is 0 Å². The second-order valence-corrected chi connectivity index (χ2v) is 4.63. The van der Waals surface area contributed by atoms with Crippen molar-refractivity contribution in [3.05, 3.63) is 24.6 Å². The van der Waals surface area contributed by atoms with Gasteiger partial charge in [0.1, 0.15) is 11.4 Å². The third-order valence-electron chi connectivity index (χ3n) is 3.08. The van der Waals surface area contributed by atoms with Gasteiger partial charge < -0.3 is 14.1 Å². The summed E-state index contributed by atoms with van der Waals surface area (Å²) in [6.45, 7) is 5.94. The third-order valence-corrected chi connectivity index (χ3v) is 3.08. The molecular formula is C13H16N2O2. The van der Waals surface area contributed by atoms with Crippen LogP contribution in [0.1, 0.15) is 13.8 Å². The minimum atomic E-state index is 0.239. The van der Waals surface area contributed by atoms with Gasteiger partial charge in [-0.1, -0.05) is 0 Å². The molecule has 3 rings (SSSR count). The molecule has 1 aliphatic heterocycles. The summed E-state index contributed by atoms with van der Waals surface area (Å²) in [5.41, 5.74) is 0.891. The molecule has 0 saturated carbocycles. The number of anilines is 1. The van der Waals surface area contributed by atoms with Gasteiger partial charge in [-0.05, 0) is 26.0 Å². The molecule has 17 heavy (non-hydrogen) atoms. The molecule has 2 aromatic rings. The van der Waals surface area contributed by atoms with E-state index in [-0.39, 0.29) is 12.2 Å². The standard InChI is InChI=1S/C13H16N2O2/c1-9-7-15(8-10(2)17-9)13-11-4-6-16-12(11)3-5-14-13/h3-6,9-10H,7-8H2,1-2H3. The number of furan rings is 1. The van der Waals surface area contributed by atoms with Gasteiger partial charge >= 0.3 is 0 Å². The zero-order valence-electron chi connectivity index (χ0n) is 10.1. The van der Waals surface area contributed by atoms with Crippen LogP contribution in [0.3, 0.4) is 0 Å². The van der Waals surface area contributed by atoms with E-state index in [0.29, 0.717) is 0 Å². The predicted molar refractivity (Wildman–Crippen MR) is 66.2 cm³/mol. The smallest absolute Gasteiger partial charge is 0.139 e. The summed E-state index contributed by atoms with van der Waals surface area (Å²) >= 11 is 0. The fourth-order valence-corrected chi connectivity index (χ4v) is 2.48. The number of nitrogens with zero attached hydrogens (tertiary/aromatic N) is 2. The molecule has 2 atom stereocenters. The fourth-order valence-electron chi connectivity index (χ4n) is 2.48. The van der Waals surface area contributed by atoms with E-state index in [1.54, 1.807) is 12.5 Å². The molecule has 0 spiro atoms. The van der Waals surface area contributed by atoms with E-state index >= 15 is 0 Å². The van der Waals surface area contributed by atoms with Crippen LogP contribution in [0.2, 0.25) is 0 Å². The van der Waals surface area contributed by atoms with E-state index < -0.39 is 0 Å². The van der Waals surface area contributed by atoms with E-state index in [9.17, 15) is 0 Å². The molecule has 3 heterocycles. The number of rotatable bonds is 1. The topological polar surface area (TPSA) is 38.5 Å². The Labute approximate surface area is 100 Å². The summed E-state index contributed by atoms with van der Waals surface area (Å²) in [4.78, 5) is 6.76. The molecule has 0 radical (unpaired) electrons. The maximum Gasteiger partial charge on any atom is 0.139 e. The van der Waals surface area contributed by atoms with Crippen LogP contribution < -0.4 is 4.90 Å². The lowest BCUT2D eigenvalue weighted by Gasteiger charge is -2.36. The second kappa shape index (κ2) is 4.04. The van der Waals surface area contributed by atoms with Gasteiger partial charge in [0.25, 0.3) is 0 Å². The van der Waals surface area contributed by atoms with Gasteiger partial charge in [0.15, 0.2) is 0 Å². The number of fused-ring (bicyclic) bond motifs is 1. The Bertz CT molecular complexity index is 513. The van der Waals surface area contributed by atoms with Gasteiger partial charge in [-0.25, -0.2) is 4.98 Å². The summed E-state index contributed by atoms with van der Waals surface area (Å²) in [5.74, 6) is 0.998. The average Bonchev–Trinajstić information content (AvgIpc) is 2.75. The van der Waals surface area contributed by atoms with Gasteiger partial charge in [-0.3, -0.25) is 0 Å². The molecule has 90 valence electrons. The van der Waals surface area contributed by atoms with Crippen LogP contribution in [0.15, 0.2) is 29.0 Å². The van der Waals surface area contributed by atoms with Crippen molar-refractivity contribution in [1.29, 1.82) is 0 Å². The van der Waals surface area contributed by atoms with E-state index in [0.717, 1.165) is 29.9 Å². The highest BCUT2D eigenvalue weighted by molar-refractivity contribution is 5.88. The molecule has 0 amide bonds. The Hall–Kier alpha value is -1.55. The van der Waals surface area contributed by atoms with Crippen molar-refractivity contribution in [2.45, 2.75) is 26.1 Å². The highest BCUT2D eigenvalue weighted by atomic mass is 16.5. The number of morpholine rings is 1. The van der Waals surface area contributed by atoms with Crippen LogP contribution in [0.4, 0.5) is 5.82 Å². The van der Waals surface area contributed by atoms with Crippen molar-refractivity contribution in [3.63, 3.8) is 0 Å².